The lowest BCUT2D eigenvalue weighted by Gasteiger charge is -2.38. The molecule has 8 aromatic rings. The van der Waals surface area contributed by atoms with Crippen molar-refractivity contribution in [3.05, 3.63) is 215 Å². The summed E-state index contributed by atoms with van der Waals surface area (Å²) in [6.45, 7) is 0. The number of benzene rings is 7. The van der Waals surface area contributed by atoms with Gasteiger partial charge in [0, 0.05) is 31.3 Å². The van der Waals surface area contributed by atoms with Crippen molar-refractivity contribution in [1.29, 1.82) is 0 Å². The van der Waals surface area contributed by atoms with E-state index in [2.05, 4.69) is 192 Å². The number of thiophene rings is 1. The molecule has 1 saturated heterocycles. The van der Waals surface area contributed by atoms with E-state index < -0.39 is 5.41 Å². The number of allylic oxidation sites excluding steroid dienone is 4. The average molecular weight is 715 g/mol. The van der Waals surface area contributed by atoms with Crippen LogP contribution in [-0.2, 0) is 5.41 Å². The first-order valence-corrected chi connectivity index (χ1v) is 20.0. The second-order valence-electron chi connectivity index (χ2n) is 14.9. The summed E-state index contributed by atoms with van der Waals surface area (Å²) < 4.78 is 2.67. The minimum Gasteiger partial charge on any atom is -0.309 e. The first-order valence-electron chi connectivity index (χ1n) is 19.2. The summed E-state index contributed by atoms with van der Waals surface area (Å²) in [6, 6.07) is 58.7. The Hall–Kier alpha value is -5.62. The molecule has 0 radical (unpaired) electrons. The molecule has 2 heterocycles. The molecule has 11 rings (SSSR count). The Morgan fingerprint density at radius 1 is 0.574 bits per heavy atom. The lowest BCUT2D eigenvalue weighted by molar-refractivity contribution is -0.755. The molecule has 4 atom stereocenters. The molecule has 260 valence electrons. The van der Waals surface area contributed by atoms with Gasteiger partial charge >= 0.3 is 0 Å². The third kappa shape index (κ3) is 4.85. The molecule has 1 aliphatic heterocycles. The van der Waals surface area contributed by atoms with E-state index in [1.54, 1.807) is 0 Å². The average Bonchev–Trinajstić information content (AvgIpc) is 3.77. The molecular formula is C50H40N3S+. The zero-order chi connectivity index (χ0) is 35.6. The van der Waals surface area contributed by atoms with Crippen molar-refractivity contribution < 1.29 is 5.32 Å². The van der Waals surface area contributed by atoms with Gasteiger partial charge in [0.15, 0.2) is 12.3 Å². The number of fused-ring (bicyclic) bond motifs is 7. The highest BCUT2D eigenvalue weighted by Crippen LogP contribution is 2.59. The summed E-state index contributed by atoms with van der Waals surface area (Å²) in [6.07, 6.45) is 9.29. The minimum atomic E-state index is -0.436. The number of nitrogens with two attached hydrogens (primary N) is 1. The van der Waals surface area contributed by atoms with Crippen molar-refractivity contribution in [3.8, 4) is 11.1 Å². The van der Waals surface area contributed by atoms with Crippen molar-refractivity contribution in [3.63, 3.8) is 0 Å². The van der Waals surface area contributed by atoms with Gasteiger partial charge in [-0.15, -0.1) is 11.3 Å². The standard InChI is InChI=1S/C50H39N3S/c1-4-16-32(17-5-1)47-51-48(34-28-29-39-38-24-13-15-27-43(38)54-44(39)31-34)53-49(52-47)46-37-23-11-10-18-33(37)30-42-45(46)40-25-12-14-26-41(40)50(42,35-19-6-2-7-20-35)36-21-8-3-9-22-36/h1-2,4-8,10-31,47-49,51-53H,3,9H2/p+1. The Balaban J connectivity index is 1.16. The lowest BCUT2D eigenvalue weighted by atomic mass is 9.66. The van der Waals surface area contributed by atoms with Crippen LogP contribution in [0.15, 0.2) is 182 Å². The van der Waals surface area contributed by atoms with Gasteiger partial charge in [-0.25, -0.2) is 10.6 Å². The van der Waals surface area contributed by atoms with Gasteiger partial charge in [0.05, 0.1) is 11.6 Å². The van der Waals surface area contributed by atoms with Crippen LogP contribution in [0.25, 0.3) is 42.1 Å². The van der Waals surface area contributed by atoms with E-state index in [0.717, 1.165) is 12.8 Å². The summed E-state index contributed by atoms with van der Waals surface area (Å²) in [4.78, 5) is 0. The fraction of sp³-hybridized carbons (Fsp3) is 0.120. The van der Waals surface area contributed by atoms with Crippen LogP contribution in [0, 0.1) is 0 Å². The maximum absolute atomic E-state index is 4.19. The molecule has 0 amide bonds. The Morgan fingerprint density at radius 3 is 2.11 bits per heavy atom. The first kappa shape index (κ1) is 31.9. The van der Waals surface area contributed by atoms with E-state index in [-0.39, 0.29) is 18.5 Å². The van der Waals surface area contributed by atoms with Crippen LogP contribution < -0.4 is 16.0 Å². The largest absolute Gasteiger partial charge is 0.309 e. The monoisotopic (exact) mass is 714 g/mol. The summed E-state index contributed by atoms with van der Waals surface area (Å²) in [5.74, 6) is 0. The zero-order valence-electron chi connectivity index (χ0n) is 29.9. The molecule has 1 aromatic heterocycles. The highest BCUT2D eigenvalue weighted by atomic mass is 32.1. The Morgan fingerprint density at radius 2 is 1.28 bits per heavy atom. The zero-order valence-corrected chi connectivity index (χ0v) is 30.7. The molecule has 4 N–H and O–H groups in total. The van der Waals surface area contributed by atoms with Crippen LogP contribution in [0.3, 0.4) is 0 Å². The molecule has 0 bridgehead atoms. The van der Waals surface area contributed by atoms with Crippen LogP contribution >= 0.6 is 11.3 Å². The second kappa shape index (κ2) is 12.8. The Kier molecular flexibility index (Phi) is 7.53. The molecule has 1 fully saturated rings. The summed E-state index contributed by atoms with van der Waals surface area (Å²) in [5, 5.41) is 16.0. The van der Waals surface area contributed by atoms with Gasteiger partial charge in [0.2, 0.25) is 0 Å². The SMILES string of the molecule is C1=CC(C2(c3ccccc3)c3ccccc3-c3c2cc2ccccc2c3C2NC(c3ccccc3)[NH2+]C(c3ccc4c(c3)sc3ccccc34)N2)=CCC1. The van der Waals surface area contributed by atoms with Crippen LogP contribution in [0.4, 0.5) is 0 Å². The Bertz CT molecular complexity index is 2780. The number of rotatable bonds is 5. The summed E-state index contributed by atoms with van der Waals surface area (Å²) >= 11 is 1.89. The van der Waals surface area contributed by atoms with Crippen LogP contribution in [0.5, 0.6) is 0 Å². The van der Waals surface area contributed by atoms with Gasteiger partial charge in [-0.2, -0.15) is 0 Å². The normalized spacial score (nSPS) is 22.0. The van der Waals surface area contributed by atoms with Crippen LogP contribution in [0.2, 0.25) is 0 Å². The topological polar surface area (TPSA) is 40.7 Å². The third-order valence-corrected chi connectivity index (χ3v) is 13.1. The molecule has 7 aromatic carbocycles. The third-order valence-electron chi connectivity index (χ3n) is 12.0. The maximum Gasteiger partial charge on any atom is 0.169 e. The van der Waals surface area contributed by atoms with Gasteiger partial charge in [0.1, 0.15) is 0 Å². The first-order chi connectivity index (χ1) is 26.8. The highest BCUT2D eigenvalue weighted by molar-refractivity contribution is 7.25. The van der Waals surface area contributed by atoms with Crippen LogP contribution in [0.1, 0.15) is 64.7 Å². The van der Waals surface area contributed by atoms with E-state index in [4.69, 9.17) is 0 Å². The van der Waals surface area contributed by atoms with Crippen molar-refractivity contribution >= 4 is 42.3 Å². The predicted molar refractivity (Wildman–Crippen MR) is 224 cm³/mol. The molecule has 2 aliphatic carbocycles. The van der Waals surface area contributed by atoms with Gasteiger partial charge < -0.3 is 5.32 Å². The van der Waals surface area contributed by atoms with Gasteiger partial charge in [-0.1, -0.05) is 158 Å². The molecular weight excluding hydrogens is 675 g/mol. The van der Waals surface area contributed by atoms with Crippen molar-refractivity contribution in [1.82, 2.24) is 10.6 Å². The minimum absolute atomic E-state index is 0.0187. The van der Waals surface area contributed by atoms with Gasteiger partial charge in [-0.05, 0) is 80.8 Å². The number of nitrogens with one attached hydrogen (secondary N) is 2. The number of hydrogen-bond acceptors (Lipinski definition) is 3. The summed E-state index contributed by atoms with van der Waals surface area (Å²) in [7, 11) is 0. The molecule has 0 saturated carbocycles. The van der Waals surface area contributed by atoms with Gasteiger partial charge in [0.25, 0.3) is 0 Å². The van der Waals surface area contributed by atoms with Crippen LogP contribution in [-0.4, -0.2) is 0 Å². The second-order valence-corrected chi connectivity index (χ2v) is 16.0. The maximum atomic E-state index is 4.19. The molecule has 3 aliphatic rings. The predicted octanol–water partition coefficient (Wildman–Crippen LogP) is 11.0. The molecule has 3 nitrogen and oxygen atoms in total. The highest BCUT2D eigenvalue weighted by Gasteiger charge is 2.49. The number of quaternary nitrogens is 1. The van der Waals surface area contributed by atoms with Crippen molar-refractivity contribution in [2.75, 3.05) is 0 Å². The van der Waals surface area contributed by atoms with Gasteiger partial charge in [-0.3, -0.25) is 0 Å². The van der Waals surface area contributed by atoms with E-state index in [1.165, 1.54) is 81.0 Å². The van der Waals surface area contributed by atoms with E-state index >= 15 is 0 Å². The van der Waals surface area contributed by atoms with E-state index in [0.29, 0.717) is 0 Å². The van der Waals surface area contributed by atoms with Crippen molar-refractivity contribution in [2.24, 2.45) is 0 Å². The number of hydrogen-bond donors (Lipinski definition) is 3. The van der Waals surface area contributed by atoms with E-state index in [1.807, 2.05) is 11.3 Å². The summed E-state index contributed by atoms with van der Waals surface area (Å²) in [5.41, 5.74) is 11.5. The molecule has 54 heavy (non-hydrogen) atoms. The molecule has 0 spiro atoms. The quantitative estimate of drug-likeness (QED) is 0.166. The van der Waals surface area contributed by atoms with Crippen molar-refractivity contribution in [2.45, 2.75) is 36.8 Å². The Labute approximate surface area is 319 Å². The smallest absolute Gasteiger partial charge is 0.169 e. The fourth-order valence-electron chi connectivity index (χ4n) is 9.69. The molecule has 4 heteroatoms. The fourth-order valence-corrected chi connectivity index (χ4v) is 10.8. The lowest BCUT2D eigenvalue weighted by Crippen LogP contribution is -2.94. The van der Waals surface area contributed by atoms with E-state index in [9.17, 15) is 0 Å². The molecule has 4 unspecified atom stereocenters.